The van der Waals surface area contributed by atoms with Crippen LogP contribution in [-0.2, 0) is 11.0 Å². The van der Waals surface area contributed by atoms with Crippen molar-refractivity contribution in [2.75, 3.05) is 0 Å². The van der Waals surface area contributed by atoms with Gasteiger partial charge >= 0.3 is 0 Å². The fourth-order valence-corrected chi connectivity index (χ4v) is 3.10. The summed E-state index contributed by atoms with van der Waals surface area (Å²) in [6, 6.07) is 7.95. The zero-order valence-electron chi connectivity index (χ0n) is 13.0. The summed E-state index contributed by atoms with van der Waals surface area (Å²) in [4.78, 5) is 4.43. The third-order valence-corrected chi connectivity index (χ3v) is 5.24. The molecule has 3 nitrogen and oxygen atoms in total. The topological polar surface area (TPSA) is 42.0 Å². The van der Waals surface area contributed by atoms with Gasteiger partial charge in [-0.2, -0.15) is 0 Å². The van der Waals surface area contributed by atoms with Crippen molar-refractivity contribution >= 4 is 33.5 Å². The van der Waals surface area contributed by atoms with Crippen molar-refractivity contribution in [3.8, 4) is 0 Å². The molecule has 2 unspecified atom stereocenters. The third-order valence-electron chi connectivity index (χ3n) is 3.26. The first-order valence-corrected chi connectivity index (χ1v) is 8.46. The predicted octanol–water partition coefficient (Wildman–Crippen LogP) is 4.31. The molecule has 114 valence electrons. The molecule has 0 aliphatic heterocycles. The number of benzene rings is 1. The smallest absolute Gasteiger partial charge is 0.134 e. The summed E-state index contributed by atoms with van der Waals surface area (Å²) in [5.74, 6) is 0. The maximum atomic E-state index is 12.2. The van der Waals surface area contributed by atoms with Gasteiger partial charge in [-0.3, -0.25) is 0 Å². The van der Waals surface area contributed by atoms with E-state index < -0.39 is 11.0 Å². The van der Waals surface area contributed by atoms with Crippen LogP contribution in [0, 0.1) is 6.92 Å². The lowest BCUT2D eigenvalue weighted by molar-refractivity contribution is 0.616. The Labute approximate surface area is 133 Å². The van der Waals surface area contributed by atoms with Crippen LogP contribution in [0.4, 0.5) is 0 Å². The van der Waals surface area contributed by atoms with Crippen molar-refractivity contribution in [3.63, 3.8) is 0 Å². The number of aromatic nitrogens is 1. The molecule has 2 rings (SSSR count). The van der Waals surface area contributed by atoms with Crippen molar-refractivity contribution in [2.45, 2.75) is 45.4 Å². The molecule has 0 fully saturated rings. The number of nitrogens with one attached hydrogen (secondary N) is 1. The Balaban J connectivity index is 2.37. The van der Waals surface area contributed by atoms with E-state index in [4.69, 9.17) is 11.6 Å². The first-order valence-electron chi connectivity index (χ1n) is 6.93. The summed E-state index contributed by atoms with van der Waals surface area (Å²) in [7, 11) is -1.15. The van der Waals surface area contributed by atoms with E-state index in [1.54, 1.807) is 0 Å². The second-order valence-corrected chi connectivity index (χ2v) is 8.64. The molecular formula is C16H21ClN2OS. The van der Waals surface area contributed by atoms with Crippen molar-refractivity contribution in [3.05, 3.63) is 40.5 Å². The van der Waals surface area contributed by atoms with Crippen molar-refractivity contribution < 1.29 is 4.21 Å². The van der Waals surface area contributed by atoms with Crippen LogP contribution in [0.15, 0.2) is 24.3 Å². The number of aryl methyl sites for hydroxylation is 1. The standard InChI is InChI=1S/C16H21ClN2OS/c1-10-6-7-14-12(8-10)9-13(15(17)18-14)11(2)19-21(20)16(3,4)5/h6-9,11,19H,1-5H3. The molecule has 0 aliphatic carbocycles. The van der Waals surface area contributed by atoms with Crippen LogP contribution < -0.4 is 4.72 Å². The average Bonchev–Trinajstić information content (AvgIpc) is 2.37. The summed E-state index contributed by atoms with van der Waals surface area (Å²) in [5, 5.41) is 1.50. The molecule has 0 aliphatic rings. The highest BCUT2D eigenvalue weighted by Crippen LogP contribution is 2.27. The second-order valence-electron chi connectivity index (χ2n) is 6.29. The quantitative estimate of drug-likeness (QED) is 0.855. The van der Waals surface area contributed by atoms with Gasteiger partial charge in [0.1, 0.15) is 5.15 Å². The minimum atomic E-state index is -1.15. The zero-order chi connectivity index (χ0) is 15.8. The number of pyridine rings is 1. The summed E-state index contributed by atoms with van der Waals surface area (Å²) in [6.07, 6.45) is 0. The molecule has 0 spiro atoms. The zero-order valence-corrected chi connectivity index (χ0v) is 14.6. The number of rotatable bonds is 3. The van der Waals surface area contributed by atoms with Gasteiger partial charge in [0.2, 0.25) is 0 Å². The largest absolute Gasteiger partial charge is 0.242 e. The van der Waals surface area contributed by atoms with Crippen LogP contribution in [0.1, 0.15) is 44.9 Å². The Morgan fingerprint density at radius 1 is 1.29 bits per heavy atom. The van der Waals surface area contributed by atoms with E-state index >= 15 is 0 Å². The van der Waals surface area contributed by atoms with Crippen molar-refractivity contribution in [1.82, 2.24) is 9.71 Å². The van der Waals surface area contributed by atoms with Crippen LogP contribution in [0.2, 0.25) is 5.15 Å². The molecule has 21 heavy (non-hydrogen) atoms. The van der Waals surface area contributed by atoms with Crippen LogP contribution in [0.5, 0.6) is 0 Å². The molecule has 0 amide bonds. The first kappa shape index (κ1) is 16.4. The molecule has 0 saturated carbocycles. The fourth-order valence-electron chi connectivity index (χ4n) is 1.99. The van der Waals surface area contributed by atoms with Crippen LogP contribution >= 0.6 is 11.6 Å². The molecule has 1 N–H and O–H groups in total. The van der Waals surface area contributed by atoms with E-state index in [0.717, 1.165) is 16.5 Å². The summed E-state index contributed by atoms with van der Waals surface area (Å²) < 4.78 is 15.0. The molecule has 1 heterocycles. The molecule has 2 aromatic rings. The maximum Gasteiger partial charge on any atom is 0.134 e. The number of hydrogen-bond acceptors (Lipinski definition) is 2. The minimum Gasteiger partial charge on any atom is -0.242 e. The second kappa shape index (κ2) is 6.03. The first-order chi connectivity index (χ1) is 9.68. The number of halogens is 1. The van der Waals surface area contributed by atoms with Gasteiger partial charge in [-0.05, 0) is 52.8 Å². The van der Waals surface area contributed by atoms with Gasteiger partial charge in [0.25, 0.3) is 0 Å². The monoisotopic (exact) mass is 324 g/mol. The number of nitrogens with zero attached hydrogens (tertiary/aromatic N) is 1. The van der Waals surface area contributed by atoms with Crippen LogP contribution in [-0.4, -0.2) is 13.9 Å². The predicted molar refractivity (Wildman–Crippen MR) is 90.9 cm³/mol. The highest BCUT2D eigenvalue weighted by Gasteiger charge is 2.23. The lowest BCUT2D eigenvalue weighted by Gasteiger charge is -2.22. The van der Waals surface area contributed by atoms with Gasteiger partial charge in [0, 0.05) is 17.0 Å². The summed E-state index contributed by atoms with van der Waals surface area (Å²) in [5.41, 5.74) is 2.92. The third kappa shape index (κ3) is 3.82. The lowest BCUT2D eigenvalue weighted by Crippen LogP contribution is -2.34. The van der Waals surface area contributed by atoms with Crippen molar-refractivity contribution in [2.24, 2.45) is 0 Å². The minimum absolute atomic E-state index is 0.130. The SMILES string of the molecule is Cc1ccc2nc(Cl)c(C(C)NS(=O)C(C)(C)C)cc2c1. The molecule has 1 aromatic carbocycles. The molecule has 1 aromatic heterocycles. The molecule has 2 atom stereocenters. The highest BCUT2D eigenvalue weighted by molar-refractivity contribution is 7.84. The van der Waals surface area contributed by atoms with Gasteiger partial charge in [0.05, 0.1) is 21.2 Å². The summed E-state index contributed by atoms with van der Waals surface area (Å²) >= 11 is 6.29. The Kier molecular flexibility index (Phi) is 4.71. The number of fused-ring (bicyclic) bond motifs is 1. The van der Waals surface area contributed by atoms with Gasteiger partial charge in [-0.1, -0.05) is 23.2 Å². The number of hydrogen-bond donors (Lipinski definition) is 1. The molecule has 5 heteroatoms. The van der Waals surface area contributed by atoms with Gasteiger partial charge < -0.3 is 0 Å². The maximum absolute atomic E-state index is 12.2. The molecule has 0 radical (unpaired) electrons. The van der Waals surface area contributed by atoms with Crippen LogP contribution in [0.25, 0.3) is 10.9 Å². The molecule has 0 saturated heterocycles. The van der Waals surface area contributed by atoms with Crippen molar-refractivity contribution in [1.29, 1.82) is 0 Å². The Bertz CT molecular complexity index is 694. The Morgan fingerprint density at radius 3 is 2.57 bits per heavy atom. The van der Waals surface area contributed by atoms with E-state index in [0.29, 0.717) is 5.15 Å². The molecular weight excluding hydrogens is 304 g/mol. The average molecular weight is 325 g/mol. The van der Waals surface area contributed by atoms with E-state index in [1.165, 1.54) is 5.56 Å². The van der Waals surface area contributed by atoms with E-state index in [2.05, 4.69) is 15.8 Å². The van der Waals surface area contributed by atoms with E-state index in [-0.39, 0.29) is 10.8 Å². The normalized spacial score (nSPS) is 15.1. The Hall–Kier alpha value is -0.970. The Morgan fingerprint density at radius 2 is 1.95 bits per heavy atom. The van der Waals surface area contributed by atoms with E-state index in [1.807, 2.05) is 52.8 Å². The van der Waals surface area contributed by atoms with Gasteiger partial charge in [-0.15, -0.1) is 0 Å². The van der Waals surface area contributed by atoms with E-state index in [9.17, 15) is 4.21 Å². The summed E-state index contributed by atoms with van der Waals surface area (Å²) in [6.45, 7) is 9.81. The van der Waals surface area contributed by atoms with Gasteiger partial charge in [-0.25, -0.2) is 13.9 Å². The fraction of sp³-hybridized carbons (Fsp3) is 0.438. The van der Waals surface area contributed by atoms with Gasteiger partial charge in [0.15, 0.2) is 0 Å². The molecule has 0 bridgehead atoms. The lowest BCUT2D eigenvalue weighted by atomic mass is 10.1. The highest BCUT2D eigenvalue weighted by atomic mass is 35.5. The van der Waals surface area contributed by atoms with Crippen LogP contribution in [0.3, 0.4) is 0 Å².